The Hall–Kier alpha value is -1.66. The van der Waals surface area contributed by atoms with E-state index in [1.807, 2.05) is 12.4 Å². The van der Waals surface area contributed by atoms with E-state index in [2.05, 4.69) is 38.2 Å². The molecule has 6 nitrogen and oxygen atoms in total. The minimum atomic E-state index is 0.0655. The molecule has 2 aromatic heterocycles. The molecule has 0 bridgehead atoms. The number of nitrogens with zero attached hydrogens (tertiary/aromatic N) is 3. The Morgan fingerprint density at radius 2 is 2.53 bits per heavy atom. The summed E-state index contributed by atoms with van der Waals surface area (Å²) in [5, 5.41) is 10.5. The van der Waals surface area contributed by atoms with Crippen molar-refractivity contribution in [3.63, 3.8) is 0 Å². The summed E-state index contributed by atoms with van der Waals surface area (Å²) in [4.78, 5) is 4.38. The number of nitrogens with one attached hydrogen (secondary N) is 2. The van der Waals surface area contributed by atoms with Gasteiger partial charge >= 0.3 is 0 Å². The molecule has 0 amide bonds. The number of H-pyrrole nitrogens is 1. The number of aromatic amines is 1. The Bertz CT molecular complexity index is 507. The molecule has 0 saturated carbocycles. The number of hydrogen-bond acceptors (Lipinski definition) is 4. The van der Waals surface area contributed by atoms with Crippen molar-refractivity contribution in [2.24, 2.45) is 0 Å². The molecule has 0 aromatic carbocycles. The number of hydrogen-bond donors (Lipinski definition) is 2. The maximum atomic E-state index is 5.77. The highest BCUT2D eigenvalue weighted by Gasteiger charge is 2.30. The summed E-state index contributed by atoms with van der Waals surface area (Å²) < 4.78 is 7.84. The molecule has 19 heavy (non-hydrogen) atoms. The van der Waals surface area contributed by atoms with Gasteiger partial charge in [0, 0.05) is 38.1 Å². The van der Waals surface area contributed by atoms with Gasteiger partial charge in [0.2, 0.25) is 0 Å². The van der Waals surface area contributed by atoms with Crippen LogP contribution in [0, 0.1) is 0 Å². The Kier molecular flexibility index (Phi) is 3.61. The fraction of sp³-hybridized carbons (Fsp3) is 0.538. The van der Waals surface area contributed by atoms with Gasteiger partial charge < -0.3 is 14.6 Å². The van der Waals surface area contributed by atoms with Gasteiger partial charge in [-0.1, -0.05) is 0 Å². The molecule has 0 spiro atoms. The minimum Gasteiger partial charge on any atom is -0.370 e. The maximum Gasteiger partial charge on any atom is 0.114 e. The van der Waals surface area contributed by atoms with E-state index in [0.29, 0.717) is 6.04 Å². The van der Waals surface area contributed by atoms with Crippen LogP contribution in [0.5, 0.6) is 0 Å². The number of ether oxygens (including phenoxy) is 1. The smallest absolute Gasteiger partial charge is 0.114 e. The van der Waals surface area contributed by atoms with E-state index in [4.69, 9.17) is 4.74 Å². The molecule has 6 heteroatoms. The molecular weight excluding hydrogens is 242 g/mol. The number of aromatic nitrogens is 4. The molecule has 3 rings (SSSR count). The second-order valence-corrected chi connectivity index (χ2v) is 4.77. The molecule has 2 aromatic rings. The van der Waals surface area contributed by atoms with Crippen LogP contribution < -0.4 is 5.32 Å². The third kappa shape index (κ3) is 2.69. The van der Waals surface area contributed by atoms with Crippen LogP contribution >= 0.6 is 0 Å². The highest BCUT2D eigenvalue weighted by atomic mass is 16.5. The van der Waals surface area contributed by atoms with Gasteiger partial charge in [-0.15, -0.1) is 0 Å². The fourth-order valence-corrected chi connectivity index (χ4v) is 2.44. The Labute approximate surface area is 112 Å². The van der Waals surface area contributed by atoms with Gasteiger partial charge in [-0.2, -0.15) is 5.10 Å². The lowest BCUT2D eigenvalue weighted by Gasteiger charge is -2.18. The summed E-state index contributed by atoms with van der Waals surface area (Å²) in [6, 6.07) is 2.28. The average molecular weight is 261 g/mol. The first kappa shape index (κ1) is 12.4. The predicted octanol–water partition coefficient (Wildman–Crippen LogP) is 1.25. The fourth-order valence-electron chi connectivity index (χ4n) is 2.44. The zero-order chi connectivity index (χ0) is 13.1. The van der Waals surface area contributed by atoms with E-state index in [1.54, 1.807) is 6.20 Å². The molecule has 2 N–H and O–H groups in total. The van der Waals surface area contributed by atoms with Crippen molar-refractivity contribution in [1.29, 1.82) is 0 Å². The van der Waals surface area contributed by atoms with E-state index in [0.717, 1.165) is 37.5 Å². The van der Waals surface area contributed by atoms with Crippen molar-refractivity contribution < 1.29 is 4.74 Å². The normalized spacial score (nSPS) is 23.0. The number of aryl methyl sites for hydroxylation is 1. The Morgan fingerprint density at radius 1 is 1.58 bits per heavy atom. The maximum absolute atomic E-state index is 5.77. The van der Waals surface area contributed by atoms with Gasteiger partial charge in [0.15, 0.2) is 0 Å². The van der Waals surface area contributed by atoms with E-state index >= 15 is 0 Å². The summed E-state index contributed by atoms with van der Waals surface area (Å²) in [6.07, 6.45) is 6.79. The van der Waals surface area contributed by atoms with Gasteiger partial charge in [0.25, 0.3) is 0 Å². The van der Waals surface area contributed by atoms with Gasteiger partial charge in [-0.25, -0.2) is 4.98 Å². The lowest BCUT2D eigenvalue weighted by atomic mass is 10.1. The van der Waals surface area contributed by atoms with E-state index in [9.17, 15) is 0 Å². The molecule has 3 heterocycles. The van der Waals surface area contributed by atoms with Gasteiger partial charge in [0.05, 0.1) is 17.7 Å². The molecule has 102 valence electrons. The van der Waals surface area contributed by atoms with Gasteiger partial charge in [-0.05, 0) is 19.4 Å². The highest BCUT2D eigenvalue weighted by Crippen LogP contribution is 2.27. The van der Waals surface area contributed by atoms with Crippen LogP contribution in [0.3, 0.4) is 0 Å². The first-order valence-electron chi connectivity index (χ1n) is 6.71. The van der Waals surface area contributed by atoms with Crippen molar-refractivity contribution in [2.45, 2.75) is 38.6 Å². The molecule has 1 aliphatic rings. The van der Waals surface area contributed by atoms with Crippen LogP contribution in [-0.4, -0.2) is 32.4 Å². The molecule has 2 atom stereocenters. The Morgan fingerprint density at radius 3 is 3.26 bits per heavy atom. The first-order valence-corrected chi connectivity index (χ1v) is 6.71. The van der Waals surface area contributed by atoms with Crippen LogP contribution in [0.25, 0.3) is 0 Å². The molecule has 1 fully saturated rings. The third-order valence-electron chi connectivity index (χ3n) is 3.52. The molecular formula is C13H19N5O. The molecule has 0 aliphatic carbocycles. The van der Waals surface area contributed by atoms with E-state index in [1.165, 1.54) is 0 Å². The topological polar surface area (TPSA) is 67.8 Å². The third-order valence-corrected chi connectivity index (χ3v) is 3.52. The summed E-state index contributed by atoms with van der Waals surface area (Å²) in [5.41, 5.74) is 2.10. The SMILES string of the molecule is CCn1cnc(CN[C@@H]2CCO[C@H]2c2ccn[nH]2)c1. The summed E-state index contributed by atoms with van der Waals surface area (Å²) >= 11 is 0. The summed E-state index contributed by atoms with van der Waals surface area (Å²) in [6.45, 7) is 4.62. The van der Waals surface area contributed by atoms with Crippen LogP contribution in [0.15, 0.2) is 24.8 Å². The minimum absolute atomic E-state index is 0.0655. The lowest BCUT2D eigenvalue weighted by molar-refractivity contribution is 0.0950. The van der Waals surface area contributed by atoms with Crippen LogP contribution in [0.4, 0.5) is 0 Å². The lowest BCUT2D eigenvalue weighted by Crippen LogP contribution is -2.31. The predicted molar refractivity (Wildman–Crippen MR) is 70.4 cm³/mol. The molecule has 1 aliphatic heterocycles. The van der Waals surface area contributed by atoms with Gasteiger partial charge in [0.1, 0.15) is 6.10 Å². The standard InChI is InChI=1S/C13H19N5O/c1-2-18-8-10(15-9-18)7-14-11-4-6-19-13(11)12-3-5-16-17-12/h3,5,8-9,11,13-14H,2,4,6-7H2,1H3,(H,16,17)/t11-,13-/m1/s1. The number of imidazole rings is 1. The van der Waals surface area contributed by atoms with Gasteiger partial charge in [-0.3, -0.25) is 5.10 Å². The average Bonchev–Trinajstić information content (AvgIpc) is 3.16. The van der Waals surface area contributed by atoms with Crippen LogP contribution in [0.2, 0.25) is 0 Å². The van der Waals surface area contributed by atoms with Crippen molar-refractivity contribution in [1.82, 2.24) is 25.1 Å². The van der Waals surface area contributed by atoms with Crippen molar-refractivity contribution in [3.8, 4) is 0 Å². The second kappa shape index (κ2) is 5.54. The van der Waals surface area contributed by atoms with E-state index < -0.39 is 0 Å². The van der Waals surface area contributed by atoms with Crippen molar-refractivity contribution in [2.75, 3.05) is 6.61 Å². The first-order chi connectivity index (χ1) is 9.36. The zero-order valence-electron chi connectivity index (χ0n) is 11.0. The summed E-state index contributed by atoms with van der Waals surface area (Å²) in [7, 11) is 0. The molecule has 0 radical (unpaired) electrons. The largest absolute Gasteiger partial charge is 0.370 e. The Balaban J connectivity index is 1.60. The van der Waals surface area contributed by atoms with Crippen molar-refractivity contribution in [3.05, 3.63) is 36.2 Å². The quantitative estimate of drug-likeness (QED) is 0.850. The van der Waals surface area contributed by atoms with Crippen LogP contribution in [-0.2, 0) is 17.8 Å². The monoisotopic (exact) mass is 261 g/mol. The zero-order valence-corrected chi connectivity index (χ0v) is 11.0. The van der Waals surface area contributed by atoms with Crippen molar-refractivity contribution >= 4 is 0 Å². The van der Waals surface area contributed by atoms with Crippen LogP contribution in [0.1, 0.15) is 30.8 Å². The highest BCUT2D eigenvalue weighted by molar-refractivity contribution is 5.08. The number of rotatable bonds is 5. The second-order valence-electron chi connectivity index (χ2n) is 4.77. The molecule has 1 saturated heterocycles. The molecule has 0 unspecified atom stereocenters. The van der Waals surface area contributed by atoms with E-state index in [-0.39, 0.29) is 6.10 Å². The summed E-state index contributed by atoms with van der Waals surface area (Å²) in [5.74, 6) is 0.